The monoisotopic (exact) mass is 251 g/mol. The van der Waals surface area contributed by atoms with Gasteiger partial charge in [0.2, 0.25) is 0 Å². The Labute approximate surface area is 108 Å². The number of thioether (sulfide) groups is 1. The third-order valence-electron chi connectivity index (χ3n) is 3.07. The highest BCUT2D eigenvalue weighted by Gasteiger charge is 2.29. The average molecular weight is 251 g/mol. The fourth-order valence-electron chi connectivity index (χ4n) is 2.28. The molecule has 1 unspecified atom stereocenters. The predicted molar refractivity (Wildman–Crippen MR) is 75.0 cm³/mol. The Morgan fingerprint density at radius 2 is 2.18 bits per heavy atom. The van der Waals surface area contributed by atoms with E-state index in [0.717, 1.165) is 17.3 Å². The third kappa shape index (κ3) is 2.96. The van der Waals surface area contributed by atoms with Gasteiger partial charge in [-0.15, -0.1) is 0 Å². The van der Waals surface area contributed by atoms with Crippen LogP contribution in [0.5, 0.6) is 5.75 Å². The van der Waals surface area contributed by atoms with E-state index in [0.29, 0.717) is 6.04 Å². The first kappa shape index (κ1) is 12.8. The Balaban J connectivity index is 2.29. The summed E-state index contributed by atoms with van der Waals surface area (Å²) in [5, 5.41) is 3.71. The highest BCUT2D eigenvalue weighted by Crippen LogP contribution is 2.34. The molecule has 94 valence electrons. The smallest absolute Gasteiger partial charge is 0.123 e. The van der Waals surface area contributed by atoms with E-state index in [9.17, 15) is 0 Å². The Bertz CT molecular complexity index is 403. The SMILES string of the molecule is COc1ccc(C)cc1C1CSCC(C)(C)N1. The molecule has 1 aromatic carbocycles. The summed E-state index contributed by atoms with van der Waals surface area (Å²) in [4.78, 5) is 0. The van der Waals surface area contributed by atoms with Gasteiger partial charge in [0.15, 0.2) is 0 Å². The van der Waals surface area contributed by atoms with Crippen molar-refractivity contribution < 1.29 is 4.74 Å². The van der Waals surface area contributed by atoms with Crippen molar-refractivity contribution in [3.63, 3.8) is 0 Å². The van der Waals surface area contributed by atoms with Gasteiger partial charge in [0.1, 0.15) is 5.75 Å². The highest BCUT2D eigenvalue weighted by atomic mass is 32.2. The summed E-state index contributed by atoms with van der Waals surface area (Å²) in [6.07, 6.45) is 0. The van der Waals surface area contributed by atoms with Crippen LogP contribution in [0.4, 0.5) is 0 Å². The van der Waals surface area contributed by atoms with Crippen LogP contribution in [0.15, 0.2) is 18.2 Å². The van der Waals surface area contributed by atoms with Gasteiger partial charge in [-0.1, -0.05) is 17.7 Å². The summed E-state index contributed by atoms with van der Waals surface area (Å²) in [5.74, 6) is 3.27. The first-order valence-electron chi connectivity index (χ1n) is 6.02. The van der Waals surface area contributed by atoms with Crippen LogP contribution in [0.25, 0.3) is 0 Å². The van der Waals surface area contributed by atoms with Gasteiger partial charge in [0.25, 0.3) is 0 Å². The topological polar surface area (TPSA) is 21.3 Å². The predicted octanol–water partition coefficient (Wildman–Crippen LogP) is 3.16. The van der Waals surface area contributed by atoms with Crippen LogP contribution < -0.4 is 10.1 Å². The van der Waals surface area contributed by atoms with E-state index in [2.05, 4.69) is 44.3 Å². The van der Waals surface area contributed by atoms with E-state index in [4.69, 9.17) is 4.74 Å². The Morgan fingerprint density at radius 3 is 2.82 bits per heavy atom. The van der Waals surface area contributed by atoms with Crippen LogP contribution in [0.2, 0.25) is 0 Å². The van der Waals surface area contributed by atoms with Gasteiger partial charge in [0, 0.05) is 28.6 Å². The maximum Gasteiger partial charge on any atom is 0.123 e. The van der Waals surface area contributed by atoms with E-state index in [1.165, 1.54) is 11.1 Å². The second kappa shape index (κ2) is 4.91. The van der Waals surface area contributed by atoms with Crippen molar-refractivity contribution in [2.45, 2.75) is 32.4 Å². The minimum atomic E-state index is 0.197. The van der Waals surface area contributed by atoms with E-state index < -0.39 is 0 Å². The third-order valence-corrected chi connectivity index (χ3v) is 4.57. The number of benzene rings is 1. The zero-order chi connectivity index (χ0) is 12.5. The molecule has 1 aliphatic rings. The van der Waals surface area contributed by atoms with Gasteiger partial charge in [-0.2, -0.15) is 11.8 Å². The molecule has 1 aromatic rings. The molecule has 0 aliphatic carbocycles. The Kier molecular flexibility index (Phi) is 3.69. The Hall–Kier alpha value is -0.670. The second-order valence-electron chi connectivity index (χ2n) is 5.34. The summed E-state index contributed by atoms with van der Waals surface area (Å²) in [6, 6.07) is 6.79. The lowest BCUT2D eigenvalue weighted by Gasteiger charge is -2.37. The molecule has 1 atom stereocenters. The average Bonchev–Trinajstić information content (AvgIpc) is 2.27. The van der Waals surface area contributed by atoms with E-state index >= 15 is 0 Å². The lowest BCUT2D eigenvalue weighted by Crippen LogP contribution is -2.48. The number of rotatable bonds is 2. The van der Waals surface area contributed by atoms with Crippen molar-refractivity contribution in [3.05, 3.63) is 29.3 Å². The first-order valence-corrected chi connectivity index (χ1v) is 7.17. The highest BCUT2D eigenvalue weighted by molar-refractivity contribution is 7.99. The fourth-order valence-corrected chi connectivity index (χ4v) is 3.49. The Morgan fingerprint density at radius 1 is 1.41 bits per heavy atom. The molecule has 3 heteroatoms. The van der Waals surface area contributed by atoms with E-state index in [1.807, 2.05) is 11.8 Å². The minimum absolute atomic E-state index is 0.197. The van der Waals surface area contributed by atoms with Gasteiger partial charge in [-0.25, -0.2) is 0 Å². The lowest BCUT2D eigenvalue weighted by atomic mass is 10.00. The molecule has 1 saturated heterocycles. The maximum absolute atomic E-state index is 5.47. The van der Waals surface area contributed by atoms with Crippen molar-refractivity contribution in [1.82, 2.24) is 5.32 Å². The molecule has 2 nitrogen and oxygen atoms in total. The lowest BCUT2D eigenvalue weighted by molar-refractivity contribution is 0.358. The number of methoxy groups -OCH3 is 1. The molecule has 1 aliphatic heterocycles. The molecule has 0 radical (unpaired) electrons. The largest absolute Gasteiger partial charge is 0.496 e. The van der Waals surface area contributed by atoms with Crippen LogP contribution >= 0.6 is 11.8 Å². The molecule has 0 spiro atoms. The summed E-state index contributed by atoms with van der Waals surface area (Å²) >= 11 is 2.01. The van der Waals surface area contributed by atoms with Gasteiger partial charge < -0.3 is 10.1 Å². The normalized spacial score (nSPS) is 23.4. The summed E-state index contributed by atoms with van der Waals surface area (Å²) < 4.78 is 5.47. The fraction of sp³-hybridized carbons (Fsp3) is 0.571. The van der Waals surface area contributed by atoms with Crippen molar-refractivity contribution in [2.75, 3.05) is 18.6 Å². The zero-order valence-corrected chi connectivity index (χ0v) is 11.9. The summed E-state index contributed by atoms with van der Waals surface area (Å²) in [5.41, 5.74) is 2.77. The minimum Gasteiger partial charge on any atom is -0.496 e. The van der Waals surface area contributed by atoms with Crippen LogP contribution in [0.1, 0.15) is 31.0 Å². The van der Waals surface area contributed by atoms with Crippen LogP contribution in [0, 0.1) is 6.92 Å². The molecule has 1 fully saturated rings. The van der Waals surface area contributed by atoms with Crippen molar-refractivity contribution in [2.24, 2.45) is 0 Å². The molecule has 2 rings (SSSR count). The number of hydrogen-bond donors (Lipinski definition) is 1. The van der Waals surface area contributed by atoms with Gasteiger partial charge in [-0.05, 0) is 26.8 Å². The molecule has 0 amide bonds. The molecular formula is C14H21NOS. The van der Waals surface area contributed by atoms with Crippen molar-refractivity contribution in [3.8, 4) is 5.75 Å². The maximum atomic E-state index is 5.47. The molecule has 1 N–H and O–H groups in total. The first-order chi connectivity index (χ1) is 8.02. The van der Waals surface area contributed by atoms with Crippen LogP contribution in [0.3, 0.4) is 0 Å². The molecule has 1 heterocycles. The van der Waals surface area contributed by atoms with Gasteiger partial charge in [-0.3, -0.25) is 0 Å². The van der Waals surface area contributed by atoms with Crippen molar-refractivity contribution >= 4 is 11.8 Å². The zero-order valence-electron chi connectivity index (χ0n) is 11.0. The van der Waals surface area contributed by atoms with Gasteiger partial charge >= 0.3 is 0 Å². The summed E-state index contributed by atoms with van der Waals surface area (Å²) in [7, 11) is 1.75. The van der Waals surface area contributed by atoms with E-state index in [1.54, 1.807) is 7.11 Å². The second-order valence-corrected chi connectivity index (χ2v) is 6.37. The molecule has 0 bridgehead atoms. The molecular weight excluding hydrogens is 230 g/mol. The van der Waals surface area contributed by atoms with Gasteiger partial charge in [0.05, 0.1) is 7.11 Å². The quantitative estimate of drug-likeness (QED) is 0.872. The van der Waals surface area contributed by atoms with Crippen LogP contribution in [-0.4, -0.2) is 24.2 Å². The molecule has 17 heavy (non-hydrogen) atoms. The number of hydrogen-bond acceptors (Lipinski definition) is 3. The standard InChI is InChI=1S/C14H21NOS/c1-10-5-6-13(16-4)11(7-10)12-8-17-9-14(2,3)15-12/h5-7,12,15H,8-9H2,1-4H3. The molecule has 0 saturated carbocycles. The molecule has 0 aromatic heterocycles. The number of nitrogens with one attached hydrogen (secondary N) is 1. The summed E-state index contributed by atoms with van der Waals surface area (Å²) in [6.45, 7) is 6.65. The number of aryl methyl sites for hydroxylation is 1. The number of ether oxygens (including phenoxy) is 1. The van der Waals surface area contributed by atoms with E-state index in [-0.39, 0.29) is 5.54 Å². The van der Waals surface area contributed by atoms with Crippen LogP contribution in [-0.2, 0) is 0 Å². The van der Waals surface area contributed by atoms with Crippen molar-refractivity contribution in [1.29, 1.82) is 0 Å².